The highest BCUT2D eigenvalue weighted by Gasteiger charge is 2.44. The number of nitrogens with zero attached hydrogens (tertiary/aromatic N) is 2. The first-order valence-electron chi connectivity index (χ1n) is 9.84. The maximum Gasteiger partial charge on any atom is 0.329 e. The number of nitrogen functional groups attached to an aromatic ring is 1. The molecule has 0 radical (unpaired) electrons. The van der Waals surface area contributed by atoms with Gasteiger partial charge in [0.1, 0.15) is 6.04 Å². The zero-order valence-corrected chi connectivity index (χ0v) is 19.0. The van der Waals surface area contributed by atoms with Crippen LogP contribution in [0.4, 0.5) is 10.1 Å². The van der Waals surface area contributed by atoms with Gasteiger partial charge in [0.15, 0.2) is 12.4 Å². The van der Waals surface area contributed by atoms with Crippen LogP contribution in [0, 0.1) is 5.82 Å². The van der Waals surface area contributed by atoms with Gasteiger partial charge in [-0.2, -0.15) is 0 Å². The third-order valence-electron chi connectivity index (χ3n) is 5.65. The lowest BCUT2D eigenvalue weighted by Crippen LogP contribution is -2.47. The van der Waals surface area contributed by atoms with Crippen molar-refractivity contribution in [3.8, 4) is 0 Å². The monoisotopic (exact) mass is 521 g/mol. The molecule has 1 fully saturated rings. The lowest BCUT2D eigenvalue weighted by Gasteiger charge is -2.33. The number of ether oxygens (including phenoxy) is 1. The predicted molar refractivity (Wildman–Crippen MR) is 119 cm³/mol. The number of carbonyl (C=O) groups is 3. The highest BCUT2D eigenvalue weighted by molar-refractivity contribution is 9.10. The Morgan fingerprint density at radius 2 is 2.09 bits per heavy atom. The maximum atomic E-state index is 14.6. The third-order valence-corrected chi connectivity index (χ3v) is 6.57. The molecule has 4 rings (SSSR count). The van der Waals surface area contributed by atoms with Gasteiger partial charge in [-0.25, -0.2) is 9.18 Å². The number of halogens is 3. The van der Waals surface area contributed by atoms with E-state index in [0.29, 0.717) is 34.9 Å². The first kappa shape index (κ1) is 22.4. The number of ketones is 1. The van der Waals surface area contributed by atoms with E-state index in [1.807, 2.05) is 0 Å². The van der Waals surface area contributed by atoms with Gasteiger partial charge in [-0.1, -0.05) is 11.6 Å². The van der Waals surface area contributed by atoms with Crippen LogP contribution in [-0.4, -0.2) is 46.2 Å². The van der Waals surface area contributed by atoms with Gasteiger partial charge in [-0.15, -0.1) is 0 Å². The van der Waals surface area contributed by atoms with E-state index in [4.69, 9.17) is 22.1 Å². The Bertz CT molecular complexity index is 1160. The second-order valence-corrected chi connectivity index (χ2v) is 8.84. The number of rotatable bonds is 5. The number of amides is 1. The summed E-state index contributed by atoms with van der Waals surface area (Å²) in [6.45, 7) is -0.448. The fourth-order valence-electron chi connectivity index (χ4n) is 4.16. The van der Waals surface area contributed by atoms with Crippen LogP contribution in [-0.2, 0) is 14.3 Å². The number of anilines is 1. The van der Waals surface area contributed by atoms with Crippen molar-refractivity contribution in [2.45, 2.75) is 31.3 Å². The van der Waals surface area contributed by atoms with Gasteiger partial charge in [0, 0.05) is 45.8 Å². The summed E-state index contributed by atoms with van der Waals surface area (Å²) >= 11 is 9.12. The number of esters is 1. The van der Waals surface area contributed by atoms with E-state index in [-0.39, 0.29) is 28.1 Å². The molecule has 2 atom stereocenters. The zero-order valence-electron chi connectivity index (χ0n) is 16.7. The Kier molecular flexibility index (Phi) is 6.30. The Labute approximate surface area is 196 Å². The molecular formula is C22H18BrClFN3O4. The molecule has 3 heterocycles. The average molecular weight is 523 g/mol. The molecule has 1 amide bonds. The molecule has 10 heteroatoms. The number of Topliss-reactive ketones (excluding diaryl/α,β-unsaturated/α-hetero) is 1. The van der Waals surface area contributed by atoms with Gasteiger partial charge >= 0.3 is 5.97 Å². The van der Waals surface area contributed by atoms with Gasteiger partial charge in [0.2, 0.25) is 11.7 Å². The fraction of sp³-hybridized carbons (Fsp3) is 0.273. The van der Waals surface area contributed by atoms with E-state index in [1.165, 1.54) is 41.6 Å². The molecule has 0 saturated carbocycles. The molecule has 32 heavy (non-hydrogen) atoms. The van der Waals surface area contributed by atoms with Crippen LogP contribution in [0.15, 0.2) is 41.1 Å². The van der Waals surface area contributed by atoms with Gasteiger partial charge in [-0.3, -0.25) is 14.6 Å². The topological polar surface area (TPSA) is 103 Å². The van der Waals surface area contributed by atoms with Crippen molar-refractivity contribution < 1.29 is 23.5 Å². The minimum atomic E-state index is -0.805. The highest BCUT2D eigenvalue weighted by Crippen LogP contribution is 2.39. The summed E-state index contributed by atoms with van der Waals surface area (Å²) in [6.07, 6.45) is 5.48. The third kappa shape index (κ3) is 4.14. The number of hydrogen-bond acceptors (Lipinski definition) is 6. The molecule has 0 spiro atoms. The number of pyridine rings is 1. The molecule has 1 aromatic carbocycles. The van der Waals surface area contributed by atoms with E-state index < -0.39 is 30.3 Å². The second-order valence-electron chi connectivity index (χ2n) is 7.58. The molecule has 166 valence electrons. The van der Waals surface area contributed by atoms with Crippen molar-refractivity contribution in [2.24, 2.45) is 0 Å². The highest BCUT2D eigenvalue weighted by atomic mass is 79.9. The molecule has 0 bridgehead atoms. The number of nitrogens with two attached hydrogens (primary N) is 1. The zero-order chi connectivity index (χ0) is 23.0. The number of hydrogen-bond donors (Lipinski definition) is 1. The molecule has 1 unspecified atom stereocenters. The van der Waals surface area contributed by atoms with Crippen molar-refractivity contribution in [3.05, 3.63) is 63.1 Å². The van der Waals surface area contributed by atoms with Gasteiger partial charge < -0.3 is 15.4 Å². The molecule has 0 aliphatic carbocycles. The summed E-state index contributed by atoms with van der Waals surface area (Å²) in [7, 11) is 0. The van der Waals surface area contributed by atoms with Crippen molar-refractivity contribution in [1.82, 2.24) is 9.88 Å². The molecule has 2 N–H and O–H groups in total. The minimum Gasteiger partial charge on any atom is -0.456 e. The van der Waals surface area contributed by atoms with Crippen LogP contribution < -0.4 is 5.73 Å². The number of fused-ring (bicyclic) bond motifs is 1. The summed E-state index contributed by atoms with van der Waals surface area (Å²) in [5, 5.41) is -0.0802. The van der Waals surface area contributed by atoms with Crippen LogP contribution in [0.25, 0.3) is 5.57 Å². The Morgan fingerprint density at radius 1 is 1.31 bits per heavy atom. The maximum absolute atomic E-state index is 14.6. The second kappa shape index (κ2) is 8.99. The minimum absolute atomic E-state index is 0.0802. The van der Waals surface area contributed by atoms with Crippen LogP contribution in [0.2, 0.25) is 5.02 Å². The predicted octanol–water partition coefficient (Wildman–Crippen LogP) is 3.79. The molecule has 1 saturated heterocycles. The van der Waals surface area contributed by atoms with Gasteiger partial charge in [0.05, 0.1) is 5.02 Å². The van der Waals surface area contributed by atoms with Crippen molar-refractivity contribution >= 4 is 56.5 Å². The van der Waals surface area contributed by atoms with E-state index in [1.54, 1.807) is 0 Å². The van der Waals surface area contributed by atoms with E-state index in [0.717, 1.165) is 0 Å². The standard InChI is InChI=1S/C22H18BrClFN3O4/c23-14-9-27-6-5-13(14)18(29)10-32-22(31)17-4-1-12-7-11(8-19(30)28(12)17)20-16(26)3-2-15(24)21(20)25/h2-3,5-6,8-9,12,17H,1,4,7,10,26H2/t12?,17-/m0/s1. The molecular weight excluding hydrogens is 505 g/mol. The smallest absolute Gasteiger partial charge is 0.329 e. The molecule has 2 aliphatic rings. The lowest BCUT2D eigenvalue weighted by atomic mass is 9.92. The van der Waals surface area contributed by atoms with Crippen molar-refractivity contribution in [3.63, 3.8) is 0 Å². The molecule has 2 aromatic rings. The molecule has 1 aromatic heterocycles. The van der Waals surface area contributed by atoms with E-state index in [9.17, 15) is 18.8 Å². The van der Waals surface area contributed by atoms with E-state index in [2.05, 4.69) is 20.9 Å². The summed E-state index contributed by atoms with van der Waals surface area (Å²) in [6, 6.07) is 3.27. The van der Waals surface area contributed by atoms with E-state index >= 15 is 0 Å². The number of benzene rings is 1. The van der Waals surface area contributed by atoms with Crippen molar-refractivity contribution in [2.75, 3.05) is 12.3 Å². The van der Waals surface area contributed by atoms with Crippen LogP contribution >= 0.6 is 27.5 Å². The van der Waals surface area contributed by atoms with Gasteiger partial charge in [-0.05, 0) is 59.0 Å². The summed E-state index contributed by atoms with van der Waals surface area (Å²) in [5.74, 6) is -2.14. The Morgan fingerprint density at radius 3 is 2.84 bits per heavy atom. The van der Waals surface area contributed by atoms with Crippen LogP contribution in [0.1, 0.15) is 35.2 Å². The Balaban J connectivity index is 1.48. The van der Waals surface area contributed by atoms with Gasteiger partial charge in [0.25, 0.3) is 0 Å². The molecule has 2 aliphatic heterocycles. The summed E-state index contributed by atoms with van der Waals surface area (Å²) in [4.78, 5) is 43.2. The number of carbonyl (C=O) groups excluding carboxylic acids is 3. The fourth-order valence-corrected chi connectivity index (χ4v) is 4.79. The SMILES string of the molecule is Nc1ccc(Cl)c(F)c1C1=CC(=O)N2C(CC[C@H]2C(=O)OCC(=O)c2ccncc2Br)C1. The first-order chi connectivity index (χ1) is 15.3. The summed E-state index contributed by atoms with van der Waals surface area (Å²) < 4.78 is 20.3. The largest absolute Gasteiger partial charge is 0.456 e. The Hall–Kier alpha value is -2.78. The first-order valence-corrected chi connectivity index (χ1v) is 11.0. The van der Waals surface area contributed by atoms with Crippen LogP contribution in [0.5, 0.6) is 0 Å². The number of aromatic nitrogens is 1. The lowest BCUT2D eigenvalue weighted by molar-refractivity contribution is -0.152. The average Bonchev–Trinajstić information content (AvgIpc) is 3.20. The van der Waals surface area contributed by atoms with Crippen LogP contribution in [0.3, 0.4) is 0 Å². The quantitative estimate of drug-likeness (QED) is 0.364. The summed E-state index contributed by atoms with van der Waals surface area (Å²) in [5.41, 5.74) is 7.02. The molecule has 7 nitrogen and oxygen atoms in total. The normalized spacial score (nSPS) is 20.0. The van der Waals surface area contributed by atoms with Crippen molar-refractivity contribution in [1.29, 1.82) is 0 Å².